The third-order valence-electron chi connectivity index (χ3n) is 5.90. The van der Waals surface area contributed by atoms with Crippen molar-refractivity contribution in [2.24, 2.45) is 0 Å². The quantitative estimate of drug-likeness (QED) is 0.481. The molecular weight excluding hydrogens is 359 g/mol. The van der Waals surface area contributed by atoms with Crippen LogP contribution in [-0.4, -0.2) is 37.8 Å². The normalized spacial score (nSPS) is 16.8. The molecule has 0 radical (unpaired) electrons. The first-order chi connectivity index (χ1) is 12.9. The highest BCUT2D eigenvalue weighted by Crippen LogP contribution is 2.39. The Hall–Kier alpha value is -1.94. The van der Waals surface area contributed by atoms with Crippen LogP contribution in [0.1, 0.15) is 18.0 Å². The molecule has 27 heavy (non-hydrogen) atoms. The van der Waals surface area contributed by atoms with Gasteiger partial charge in [-0.2, -0.15) is 0 Å². The van der Waals surface area contributed by atoms with Gasteiger partial charge in [0, 0.05) is 32.2 Å². The summed E-state index contributed by atoms with van der Waals surface area (Å²) < 4.78 is 13.4. The maximum absolute atomic E-state index is 13.4. The molecule has 0 aliphatic carbocycles. The lowest BCUT2D eigenvalue weighted by Gasteiger charge is -2.35. The number of hydrogen-bond acceptors (Lipinski definition) is 2. The van der Waals surface area contributed by atoms with Crippen molar-refractivity contribution in [3.05, 3.63) is 60.2 Å². The second kappa shape index (κ2) is 7.59. The minimum atomic E-state index is -0.281. The van der Waals surface area contributed by atoms with Crippen LogP contribution in [0.4, 0.5) is 4.39 Å². The number of alkyl halides is 1. The average Bonchev–Trinajstić information content (AvgIpc) is 2.71. The van der Waals surface area contributed by atoms with Crippen LogP contribution in [0, 0.1) is 0 Å². The maximum Gasteiger partial charge on any atom is 0.0912 e. The second-order valence-electron chi connectivity index (χ2n) is 7.29. The van der Waals surface area contributed by atoms with E-state index in [2.05, 4.69) is 64.8 Å². The highest BCUT2D eigenvalue weighted by molar-refractivity contribution is 6.23. The van der Waals surface area contributed by atoms with E-state index in [9.17, 15) is 4.39 Å². The van der Waals surface area contributed by atoms with Crippen molar-refractivity contribution in [1.82, 2.24) is 10.2 Å². The Balaban J connectivity index is 0.00000180. The van der Waals surface area contributed by atoms with Crippen molar-refractivity contribution in [2.75, 3.05) is 32.9 Å². The molecule has 0 aromatic heterocycles. The van der Waals surface area contributed by atoms with Crippen LogP contribution in [0.15, 0.2) is 54.6 Å². The molecule has 4 aromatic carbocycles. The Morgan fingerprint density at radius 1 is 0.852 bits per heavy atom. The van der Waals surface area contributed by atoms with Crippen molar-refractivity contribution in [3.63, 3.8) is 0 Å². The summed E-state index contributed by atoms with van der Waals surface area (Å²) in [6.45, 7) is 3.64. The average molecular weight is 383 g/mol. The number of benzene rings is 4. The number of rotatable bonds is 4. The van der Waals surface area contributed by atoms with Crippen molar-refractivity contribution in [3.8, 4) is 0 Å². The predicted molar refractivity (Wildman–Crippen MR) is 115 cm³/mol. The topological polar surface area (TPSA) is 15.3 Å². The van der Waals surface area contributed by atoms with Gasteiger partial charge in [0.2, 0.25) is 0 Å². The summed E-state index contributed by atoms with van der Waals surface area (Å²) in [5, 5.41) is 11.2. The van der Waals surface area contributed by atoms with Crippen LogP contribution in [0.2, 0.25) is 0 Å². The molecule has 0 amide bonds. The lowest BCUT2D eigenvalue weighted by molar-refractivity contribution is 0.158. The molecule has 5 rings (SSSR count). The van der Waals surface area contributed by atoms with Gasteiger partial charge in [-0.05, 0) is 44.3 Å². The molecule has 0 saturated carbocycles. The van der Waals surface area contributed by atoms with Crippen molar-refractivity contribution in [2.45, 2.75) is 12.5 Å². The third kappa shape index (κ3) is 3.04. The van der Waals surface area contributed by atoms with Gasteiger partial charge in [-0.15, -0.1) is 12.4 Å². The fourth-order valence-corrected chi connectivity index (χ4v) is 4.68. The molecule has 1 fully saturated rings. The zero-order chi connectivity index (χ0) is 17.5. The highest BCUT2D eigenvalue weighted by atomic mass is 35.5. The number of hydrogen-bond donors (Lipinski definition) is 1. The molecule has 1 heterocycles. The van der Waals surface area contributed by atoms with Crippen molar-refractivity contribution >= 4 is 44.7 Å². The van der Waals surface area contributed by atoms with Crippen molar-refractivity contribution in [1.29, 1.82) is 0 Å². The van der Waals surface area contributed by atoms with E-state index in [4.69, 9.17) is 0 Å². The smallest absolute Gasteiger partial charge is 0.0912 e. The van der Waals surface area contributed by atoms with E-state index in [1.807, 2.05) is 0 Å². The summed E-state index contributed by atoms with van der Waals surface area (Å²) in [4.78, 5) is 2.45. The minimum Gasteiger partial charge on any atom is -0.314 e. The molecule has 140 valence electrons. The number of nitrogens with one attached hydrogen (secondary N) is 1. The Bertz CT molecular complexity index is 1040. The van der Waals surface area contributed by atoms with Crippen LogP contribution in [0.5, 0.6) is 0 Å². The molecule has 1 N–H and O–H groups in total. The molecule has 1 saturated heterocycles. The van der Waals surface area contributed by atoms with Gasteiger partial charge in [0.1, 0.15) is 0 Å². The third-order valence-corrected chi connectivity index (χ3v) is 5.90. The molecule has 1 aliphatic heterocycles. The van der Waals surface area contributed by atoms with Crippen LogP contribution in [0.25, 0.3) is 32.3 Å². The lowest BCUT2D eigenvalue weighted by atomic mass is 9.88. The highest BCUT2D eigenvalue weighted by Gasteiger charge is 2.24. The zero-order valence-corrected chi connectivity index (χ0v) is 16.1. The van der Waals surface area contributed by atoms with E-state index in [1.165, 1.54) is 37.9 Å². The summed E-state index contributed by atoms with van der Waals surface area (Å²) in [5.41, 5.74) is 1.27. The van der Waals surface area contributed by atoms with E-state index < -0.39 is 0 Å². The van der Waals surface area contributed by atoms with Gasteiger partial charge in [0.05, 0.1) is 6.67 Å². The summed E-state index contributed by atoms with van der Waals surface area (Å²) in [6.07, 6.45) is 0.559. The standard InChI is InChI=1S/C23H23FN2.ClH/c24-11-10-21(26-14-12-25-13-15-26)19-8-6-18-5-4-16-2-1-3-17-7-9-20(19)23(18)22(16)17;/h1-9,21,25H,10-15H2;1H/t21-;/m1./s1. The van der Waals surface area contributed by atoms with Gasteiger partial charge >= 0.3 is 0 Å². The molecule has 4 aromatic rings. The van der Waals surface area contributed by atoms with E-state index in [0.29, 0.717) is 6.42 Å². The van der Waals surface area contributed by atoms with E-state index in [0.717, 1.165) is 26.2 Å². The molecule has 2 nitrogen and oxygen atoms in total. The van der Waals surface area contributed by atoms with E-state index in [1.54, 1.807) is 0 Å². The number of halogens is 2. The fourth-order valence-electron chi connectivity index (χ4n) is 4.68. The molecule has 0 bridgehead atoms. The summed E-state index contributed by atoms with van der Waals surface area (Å²) in [7, 11) is 0. The van der Waals surface area contributed by atoms with Crippen LogP contribution >= 0.6 is 12.4 Å². The molecule has 0 unspecified atom stereocenters. The first-order valence-electron chi connectivity index (χ1n) is 9.54. The SMILES string of the molecule is Cl.FCC[C@H](c1ccc2ccc3cccc4ccc1c2c34)N1CCNCC1. The Morgan fingerprint density at radius 3 is 2.19 bits per heavy atom. The van der Waals surface area contributed by atoms with Gasteiger partial charge in [-0.1, -0.05) is 54.6 Å². The Morgan fingerprint density at radius 2 is 1.48 bits per heavy atom. The van der Waals surface area contributed by atoms with Gasteiger partial charge in [0.15, 0.2) is 0 Å². The van der Waals surface area contributed by atoms with E-state index >= 15 is 0 Å². The van der Waals surface area contributed by atoms with Gasteiger partial charge < -0.3 is 5.32 Å². The zero-order valence-electron chi connectivity index (χ0n) is 15.2. The molecular formula is C23H24ClFN2. The lowest BCUT2D eigenvalue weighted by Crippen LogP contribution is -2.45. The van der Waals surface area contributed by atoms with Gasteiger partial charge in [0.25, 0.3) is 0 Å². The maximum atomic E-state index is 13.4. The Labute approximate surface area is 165 Å². The summed E-state index contributed by atoms with van der Waals surface area (Å²) in [6, 6.07) is 20.0. The van der Waals surface area contributed by atoms with Gasteiger partial charge in [-0.25, -0.2) is 0 Å². The molecule has 0 spiro atoms. The van der Waals surface area contributed by atoms with E-state index in [-0.39, 0.29) is 25.1 Å². The predicted octanol–water partition coefficient (Wildman–Crippen LogP) is 5.31. The second-order valence-corrected chi connectivity index (χ2v) is 7.29. The van der Waals surface area contributed by atoms with Crippen LogP contribution in [0.3, 0.4) is 0 Å². The largest absolute Gasteiger partial charge is 0.314 e. The Kier molecular flexibility index (Phi) is 5.18. The monoisotopic (exact) mass is 382 g/mol. The van der Waals surface area contributed by atoms with Crippen molar-refractivity contribution < 1.29 is 4.39 Å². The molecule has 1 aliphatic rings. The minimum absolute atomic E-state index is 0. The van der Waals surface area contributed by atoms with Gasteiger partial charge in [-0.3, -0.25) is 9.29 Å². The summed E-state index contributed by atoms with van der Waals surface area (Å²) in [5.74, 6) is 0. The molecule has 1 atom stereocenters. The first kappa shape index (κ1) is 18.4. The molecule has 4 heteroatoms. The van der Waals surface area contributed by atoms with Crippen LogP contribution in [-0.2, 0) is 0 Å². The number of piperazine rings is 1. The summed E-state index contributed by atoms with van der Waals surface area (Å²) >= 11 is 0. The fraction of sp³-hybridized carbons (Fsp3) is 0.304. The van der Waals surface area contributed by atoms with Crippen LogP contribution < -0.4 is 5.32 Å². The number of nitrogens with zero attached hydrogens (tertiary/aromatic N) is 1. The first-order valence-corrected chi connectivity index (χ1v) is 9.54.